The molecule has 0 aromatic heterocycles. The topological polar surface area (TPSA) is 37.3 Å². The number of hydrogen-bond acceptors (Lipinski definition) is 1. The van der Waals surface area contributed by atoms with E-state index in [1.165, 1.54) is 11.1 Å². The van der Waals surface area contributed by atoms with E-state index in [-0.39, 0.29) is 0 Å². The molecule has 0 unspecified atom stereocenters. The monoisotopic (exact) mass is 166 g/mol. The first kappa shape index (κ1) is 9.04. The normalized spacial score (nSPS) is 18.6. The second-order valence-electron chi connectivity index (χ2n) is 3.48. The van der Waals surface area contributed by atoms with Crippen molar-refractivity contribution < 1.29 is 9.90 Å². The molecule has 2 nitrogen and oxygen atoms in total. The van der Waals surface area contributed by atoms with Crippen molar-refractivity contribution >= 4 is 5.97 Å². The first-order chi connectivity index (χ1) is 5.52. The van der Waals surface area contributed by atoms with E-state index in [4.69, 9.17) is 5.11 Å². The minimum Gasteiger partial charge on any atom is -0.478 e. The van der Waals surface area contributed by atoms with E-state index >= 15 is 0 Å². The molecule has 0 amide bonds. The van der Waals surface area contributed by atoms with Gasteiger partial charge in [-0.1, -0.05) is 16.7 Å². The standard InChI is InChI=1S/C10H14O2/c1-6-4-8(3)9(10(11)12)5-7(6)2/h4-5H2,1-3H3,(H,11,12). The van der Waals surface area contributed by atoms with E-state index < -0.39 is 5.97 Å². The molecule has 0 bridgehead atoms. The van der Waals surface area contributed by atoms with Gasteiger partial charge in [0.25, 0.3) is 0 Å². The maximum Gasteiger partial charge on any atom is 0.331 e. The highest BCUT2D eigenvalue weighted by atomic mass is 16.4. The van der Waals surface area contributed by atoms with Gasteiger partial charge in [-0.05, 0) is 27.2 Å². The number of aliphatic carboxylic acids is 1. The largest absolute Gasteiger partial charge is 0.478 e. The van der Waals surface area contributed by atoms with Gasteiger partial charge in [0.2, 0.25) is 0 Å². The van der Waals surface area contributed by atoms with Crippen LogP contribution in [0.15, 0.2) is 22.3 Å². The Bertz CT molecular complexity index is 282. The second kappa shape index (κ2) is 3.13. The molecule has 1 N–H and O–H groups in total. The average molecular weight is 166 g/mol. The molecule has 1 rings (SSSR count). The van der Waals surface area contributed by atoms with E-state index in [2.05, 4.69) is 6.92 Å². The van der Waals surface area contributed by atoms with E-state index in [0.717, 1.165) is 12.0 Å². The van der Waals surface area contributed by atoms with E-state index in [1.54, 1.807) is 0 Å². The van der Waals surface area contributed by atoms with Crippen LogP contribution in [0.1, 0.15) is 33.6 Å². The zero-order valence-electron chi connectivity index (χ0n) is 7.77. The molecule has 1 aliphatic carbocycles. The molecule has 0 saturated heterocycles. The lowest BCUT2D eigenvalue weighted by Gasteiger charge is -2.17. The van der Waals surface area contributed by atoms with Crippen LogP contribution in [0.5, 0.6) is 0 Å². The van der Waals surface area contributed by atoms with Gasteiger partial charge in [-0.3, -0.25) is 0 Å². The molecule has 66 valence electrons. The summed E-state index contributed by atoms with van der Waals surface area (Å²) in [6, 6.07) is 0. The number of hydrogen-bond donors (Lipinski definition) is 1. The lowest BCUT2D eigenvalue weighted by molar-refractivity contribution is -0.132. The Morgan fingerprint density at radius 1 is 1.08 bits per heavy atom. The summed E-state index contributed by atoms with van der Waals surface area (Å²) in [6.07, 6.45) is 1.44. The molecule has 2 heteroatoms. The summed E-state index contributed by atoms with van der Waals surface area (Å²) >= 11 is 0. The Kier molecular flexibility index (Phi) is 2.36. The van der Waals surface area contributed by atoms with Crippen LogP contribution in [0.3, 0.4) is 0 Å². The fraction of sp³-hybridized carbons (Fsp3) is 0.500. The predicted molar refractivity (Wildman–Crippen MR) is 47.9 cm³/mol. The van der Waals surface area contributed by atoms with Gasteiger partial charge in [0.15, 0.2) is 0 Å². The Morgan fingerprint density at radius 3 is 2.08 bits per heavy atom. The Hall–Kier alpha value is -1.05. The van der Waals surface area contributed by atoms with Crippen molar-refractivity contribution in [2.45, 2.75) is 33.6 Å². The van der Waals surface area contributed by atoms with Gasteiger partial charge in [-0.2, -0.15) is 0 Å². The van der Waals surface area contributed by atoms with Gasteiger partial charge in [-0.25, -0.2) is 4.79 Å². The Labute approximate surface area is 72.6 Å². The zero-order chi connectivity index (χ0) is 9.30. The number of carboxylic acids is 1. The van der Waals surface area contributed by atoms with Crippen LogP contribution in [0.25, 0.3) is 0 Å². The molecule has 12 heavy (non-hydrogen) atoms. The van der Waals surface area contributed by atoms with E-state index in [0.29, 0.717) is 12.0 Å². The summed E-state index contributed by atoms with van der Waals surface area (Å²) in [5.41, 5.74) is 4.11. The first-order valence-electron chi connectivity index (χ1n) is 4.09. The molecule has 0 radical (unpaired) electrons. The minimum absolute atomic E-state index is 0.582. The highest BCUT2D eigenvalue weighted by Gasteiger charge is 2.17. The number of carbonyl (C=O) groups is 1. The van der Waals surface area contributed by atoms with Crippen LogP contribution in [0.4, 0.5) is 0 Å². The van der Waals surface area contributed by atoms with Crippen molar-refractivity contribution in [1.82, 2.24) is 0 Å². The van der Waals surface area contributed by atoms with Gasteiger partial charge in [0.1, 0.15) is 0 Å². The molecule has 0 heterocycles. The third-order valence-electron chi connectivity index (χ3n) is 2.47. The van der Waals surface area contributed by atoms with Gasteiger partial charge in [0.05, 0.1) is 0 Å². The Morgan fingerprint density at radius 2 is 1.58 bits per heavy atom. The van der Waals surface area contributed by atoms with E-state index in [9.17, 15) is 4.79 Å². The minimum atomic E-state index is -0.764. The first-order valence-corrected chi connectivity index (χ1v) is 4.09. The SMILES string of the molecule is CC1=C(C)CC(C(=O)O)=C(C)C1. The van der Waals surface area contributed by atoms with Gasteiger partial charge < -0.3 is 5.11 Å². The number of carboxylic acid groups (broad SMARTS) is 1. The zero-order valence-corrected chi connectivity index (χ0v) is 7.77. The fourth-order valence-corrected chi connectivity index (χ4v) is 1.48. The highest BCUT2D eigenvalue weighted by Crippen LogP contribution is 2.28. The molecular formula is C10H14O2. The quantitative estimate of drug-likeness (QED) is 0.608. The third kappa shape index (κ3) is 1.58. The van der Waals surface area contributed by atoms with Crippen LogP contribution >= 0.6 is 0 Å². The van der Waals surface area contributed by atoms with Crippen LogP contribution < -0.4 is 0 Å². The summed E-state index contributed by atoms with van der Waals surface area (Å²) in [7, 11) is 0. The molecule has 0 aliphatic heterocycles. The highest BCUT2D eigenvalue weighted by molar-refractivity contribution is 5.88. The summed E-state index contributed by atoms with van der Waals surface area (Å²) in [5, 5.41) is 8.83. The second-order valence-corrected chi connectivity index (χ2v) is 3.48. The van der Waals surface area contributed by atoms with Crippen molar-refractivity contribution in [2.75, 3.05) is 0 Å². The van der Waals surface area contributed by atoms with Crippen LogP contribution in [0.2, 0.25) is 0 Å². The predicted octanol–water partition coefficient (Wildman–Crippen LogP) is 2.52. The number of allylic oxidation sites excluding steroid dienone is 3. The molecule has 0 fully saturated rings. The molecule has 1 aliphatic rings. The van der Waals surface area contributed by atoms with Crippen molar-refractivity contribution in [3.63, 3.8) is 0 Å². The van der Waals surface area contributed by atoms with Crippen LogP contribution in [-0.2, 0) is 4.79 Å². The molecule has 0 spiro atoms. The van der Waals surface area contributed by atoms with E-state index in [1.807, 2.05) is 13.8 Å². The molecule has 0 aromatic rings. The Balaban J connectivity index is 2.93. The summed E-state index contributed by atoms with van der Waals surface area (Å²) < 4.78 is 0. The van der Waals surface area contributed by atoms with Gasteiger partial charge in [0, 0.05) is 12.0 Å². The smallest absolute Gasteiger partial charge is 0.331 e. The van der Waals surface area contributed by atoms with Gasteiger partial charge >= 0.3 is 5.97 Å². The molecule has 0 saturated carbocycles. The van der Waals surface area contributed by atoms with Crippen molar-refractivity contribution in [1.29, 1.82) is 0 Å². The third-order valence-corrected chi connectivity index (χ3v) is 2.47. The van der Waals surface area contributed by atoms with Crippen LogP contribution in [0, 0.1) is 0 Å². The van der Waals surface area contributed by atoms with Crippen molar-refractivity contribution in [3.8, 4) is 0 Å². The fourth-order valence-electron chi connectivity index (χ4n) is 1.48. The van der Waals surface area contributed by atoms with Crippen molar-refractivity contribution in [3.05, 3.63) is 22.3 Å². The van der Waals surface area contributed by atoms with Crippen molar-refractivity contribution in [2.24, 2.45) is 0 Å². The van der Waals surface area contributed by atoms with Crippen LogP contribution in [-0.4, -0.2) is 11.1 Å². The lowest BCUT2D eigenvalue weighted by atomic mass is 9.88. The summed E-state index contributed by atoms with van der Waals surface area (Å²) in [6.45, 7) is 5.97. The molecular weight excluding hydrogens is 152 g/mol. The average Bonchev–Trinajstić information content (AvgIpc) is 1.96. The number of rotatable bonds is 1. The summed E-state index contributed by atoms with van der Waals surface area (Å²) in [5.74, 6) is -0.764. The molecule has 0 atom stereocenters. The summed E-state index contributed by atoms with van der Waals surface area (Å²) in [4.78, 5) is 10.7. The maximum atomic E-state index is 10.7. The molecule has 0 aromatic carbocycles. The lowest BCUT2D eigenvalue weighted by Crippen LogP contribution is -2.09. The van der Waals surface area contributed by atoms with Gasteiger partial charge in [-0.15, -0.1) is 0 Å². The maximum absolute atomic E-state index is 10.7.